The summed E-state index contributed by atoms with van der Waals surface area (Å²) in [6.45, 7) is 4.59. The Bertz CT molecular complexity index is 45.8. The van der Waals surface area contributed by atoms with Crippen LogP contribution in [0, 0.1) is 6.04 Å². The highest BCUT2D eigenvalue weighted by Gasteiger charge is 1.97. The lowest BCUT2D eigenvalue weighted by Crippen LogP contribution is -2.11. The average molecular weight is 145 g/mol. The zero-order chi connectivity index (χ0) is 6.41. The Hall–Kier alpha value is 0.434. The predicted octanol–water partition coefficient (Wildman–Crippen LogP) is 0.639. The minimum absolute atomic E-state index is 0.185. The van der Waals surface area contributed by atoms with Gasteiger partial charge in [-0.3, -0.25) is 0 Å². The van der Waals surface area contributed by atoms with Crippen LogP contribution in [0.4, 0.5) is 0 Å². The van der Waals surface area contributed by atoms with E-state index >= 15 is 0 Å². The molecule has 0 aromatic heterocycles. The Morgan fingerprint density at radius 1 is 1.50 bits per heavy atom. The molecule has 0 spiro atoms. The van der Waals surface area contributed by atoms with Gasteiger partial charge in [0.2, 0.25) is 0 Å². The molecule has 0 rings (SSSR count). The summed E-state index contributed by atoms with van der Waals surface area (Å²) >= 11 is 0. The predicted molar refractivity (Wildman–Crippen MR) is 46.8 cm³/mol. The third kappa shape index (κ3) is 4.59. The van der Waals surface area contributed by atoms with Crippen molar-refractivity contribution < 1.29 is 0 Å². The molecule has 0 aromatic carbocycles. The van der Waals surface area contributed by atoms with Crippen LogP contribution in [0.15, 0.2) is 0 Å². The summed E-state index contributed by atoms with van der Waals surface area (Å²) in [5.74, 6) is 0. The largest absolute Gasteiger partial charge is 0.0682 e. The van der Waals surface area contributed by atoms with E-state index in [1.165, 1.54) is 28.6 Å². The van der Waals surface area contributed by atoms with Gasteiger partial charge in [0.05, 0.1) is 0 Å². The molecule has 0 bridgehead atoms. The highest BCUT2D eigenvalue weighted by atomic mass is 29.1. The smallest absolute Gasteiger partial charge is 0.0232 e. The van der Waals surface area contributed by atoms with E-state index < -0.39 is 0 Å². The van der Waals surface area contributed by atoms with E-state index in [0.717, 1.165) is 0 Å². The quantitative estimate of drug-likeness (QED) is 0.509. The van der Waals surface area contributed by atoms with Crippen molar-refractivity contribution in [2.45, 2.75) is 32.7 Å². The van der Waals surface area contributed by atoms with E-state index in [9.17, 15) is 0 Å². The van der Waals surface area contributed by atoms with Crippen LogP contribution in [0.1, 0.15) is 26.7 Å². The minimum Gasteiger partial charge on any atom is -0.0682 e. The first-order valence-corrected chi connectivity index (χ1v) is 9.74. The van der Waals surface area contributed by atoms with Gasteiger partial charge < -0.3 is 0 Å². The van der Waals surface area contributed by atoms with E-state index in [2.05, 4.69) is 19.9 Å². The molecular weight excluding hydrogens is 128 g/mol. The van der Waals surface area contributed by atoms with Gasteiger partial charge in [0.1, 0.15) is 0 Å². The zero-order valence-corrected chi connectivity index (χ0v) is 9.43. The minimum atomic E-state index is -0.185. The van der Waals surface area contributed by atoms with E-state index in [4.69, 9.17) is 0 Å². The van der Waals surface area contributed by atoms with E-state index in [0.29, 0.717) is 0 Å². The highest BCUT2D eigenvalue weighted by Crippen LogP contribution is 1.97. The molecule has 2 heteroatoms. The van der Waals surface area contributed by atoms with E-state index in [-0.39, 0.29) is 8.31 Å². The zero-order valence-electron chi connectivity index (χ0n) is 6.28. The van der Waals surface area contributed by atoms with E-state index in [1.807, 2.05) is 0 Å². The fraction of sp³-hybridized carbons (Fsp3) is 0.833. The third-order valence-electron chi connectivity index (χ3n) is 1.50. The van der Waals surface area contributed by atoms with Crippen LogP contribution in [0.3, 0.4) is 0 Å². The number of rotatable bonds is 4. The Balaban J connectivity index is 2.86. The second-order valence-corrected chi connectivity index (χ2v) is 10.1. The summed E-state index contributed by atoms with van der Waals surface area (Å²) in [5.41, 5.74) is 0. The molecule has 8 heavy (non-hydrogen) atoms. The summed E-state index contributed by atoms with van der Waals surface area (Å²) in [5, 5.41) is 0. The van der Waals surface area contributed by atoms with Crippen molar-refractivity contribution in [1.29, 1.82) is 0 Å². The second kappa shape index (κ2) is 5.57. The Kier molecular flexibility index (Phi) is 5.87. The summed E-state index contributed by atoms with van der Waals surface area (Å²) < 4.78 is 0. The molecule has 0 aliphatic carbocycles. The molecule has 0 amide bonds. The lowest BCUT2D eigenvalue weighted by molar-refractivity contribution is 0.937. The molecule has 49 valence electrons. The topological polar surface area (TPSA) is 0 Å². The van der Waals surface area contributed by atoms with Crippen molar-refractivity contribution in [1.82, 2.24) is 0 Å². The molecule has 0 aliphatic heterocycles. The van der Waals surface area contributed by atoms with Gasteiger partial charge >= 0.3 is 0 Å². The molecule has 1 radical (unpaired) electrons. The van der Waals surface area contributed by atoms with Gasteiger partial charge in [-0.05, 0) is 9.76 Å². The van der Waals surface area contributed by atoms with Crippen molar-refractivity contribution in [3.63, 3.8) is 0 Å². The molecule has 0 saturated heterocycles. The maximum atomic E-state index is 2.60. The molecule has 0 nitrogen and oxygen atoms in total. The second-order valence-electron chi connectivity index (χ2n) is 2.41. The van der Waals surface area contributed by atoms with Gasteiger partial charge in [-0.25, -0.2) is 0 Å². The van der Waals surface area contributed by atoms with Gasteiger partial charge in [0, 0.05) is 8.31 Å². The first-order chi connectivity index (χ1) is 3.81. The van der Waals surface area contributed by atoms with Gasteiger partial charge in [0.25, 0.3) is 0 Å². The first-order valence-electron chi connectivity index (χ1n) is 3.64. The standard InChI is InChI=1S/C6H17Si2/c1-3-5-6-8(7)4-2/h6,8H,3-5H2,1-2,7H3. The van der Waals surface area contributed by atoms with Crippen molar-refractivity contribution in [2.75, 3.05) is 0 Å². The lowest BCUT2D eigenvalue weighted by atomic mass is 10.4. The molecule has 0 aromatic rings. The SMILES string of the molecule is CCC[CH][SiH]([SiH3])CC. The molecule has 1 unspecified atom stereocenters. The summed E-state index contributed by atoms with van der Waals surface area (Å²) in [6.07, 6.45) is 2.74. The van der Waals surface area contributed by atoms with Crippen LogP contribution < -0.4 is 0 Å². The number of hydrogen-bond donors (Lipinski definition) is 0. The van der Waals surface area contributed by atoms with Gasteiger partial charge in [-0.1, -0.05) is 38.8 Å². The lowest BCUT2D eigenvalue weighted by Gasteiger charge is -2.02. The summed E-state index contributed by atoms with van der Waals surface area (Å²) in [4.78, 5) is 0. The fourth-order valence-corrected chi connectivity index (χ4v) is 2.85. The number of hydrogen-bond acceptors (Lipinski definition) is 0. The summed E-state index contributed by atoms with van der Waals surface area (Å²) in [7, 11) is 1.30. The maximum absolute atomic E-state index is 2.60. The van der Waals surface area contributed by atoms with Gasteiger partial charge in [-0.15, -0.1) is 0 Å². The Morgan fingerprint density at radius 2 is 2.12 bits per heavy atom. The third-order valence-corrected chi connectivity index (χ3v) is 7.79. The average Bonchev–Trinajstić information content (AvgIpc) is 1.83. The van der Waals surface area contributed by atoms with Gasteiger partial charge in [0.15, 0.2) is 0 Å². The maximum Gasteiger partial charge on any atom is 0.0232 e. The van der Waals surface area contributed by atoms with Crippen molar-refractivity contribution in [3.8, 4) is 0 Å². The molecule has 1 atom stereocenters. The Labute approximate surface area is 57.5 Å². The van der Waals surface area contributed by atoms with Crippen molar-refractivity contribution in [3.05, 3.63) is 6.04 Å². The number of unbranched alkanes of at least 4 members (excludes halogenated alkanes) is 1. The van der Waals surface area contributed by atoms with Crippen LogP contribution in [0.25, 0.3) is 0 Å². The monoisotopic (exact) mass is 145 g/mol. The van der Waals surface area contributed by atoms with Crippen LogP contribution in [-0.2, 0) is 0 Å². The van der Waals surface area contributed by atoms with Crippen LogP contribution >= 0.6 is 0 Å². The van der Waals surface area contributed by atoms with Crippen LogP contribution in [-0.4, -0.2) is 18.1 Å². The molecule has 0 N–H and O–H groups in total. The van der Waals surface area contributed by atoms with Crippen molar-refractivity contribution >= 4 is 18.1 Å². The fourth-order valence-electron chi connectivity index (χ4n) is 0.618. The van der Waals surface area contributed by atoms with Crippen molar-refractivity contribution in [2.24, 2.45) is 0 Å². The highest BCUT2D eigenvalue weighted by molar-refractivity contribution is 7.05. The molecule has 0 fully saturated rings. The first kappa shape index (κ1) is 8.43. The normalized spacial score (nSPS) is 14.2. The molecular formula is C6H17Si2. The molecule has 0 aliphatic rings. The van der Waals surface area contributed by atoms with E-state index in [1.54, 1.807) is 0 Å². The Morgan fingerprint density at radius 3 is 2.50 bits per heavy atom. The van der Waals surface area contributed by atoms with Gasteiger partial charge in [-0.2, -0.15) is 0 Å². The molecule has 0 heterocycles. The van der Waals surface area contributed by atoms with Crippen LogP contribution in [0.2, 0.25) is 6.04 Å². The molecule has 0 saturated carbocycles. The summed E-state index contributed by atoms with van der Waals surface area (Å²) in [6, 6.07) is 4.10. The van der Waals surface area contributed by atoms with Crippen LogP contribution in [0.5, 0.6) is 0 Å².